The Labute approximate surface area is 166 Å². The number of hydrogen-bond acceptors (Lipinski definition) is 6. The lowest BCUT2D eigenvalue weighted by molar-refractivity contribution is -0.137. The molecule has 3 rings (SSSR count). The number of nitrogens with one attached hydrogen (secondary N) is 1. The number of methoxy groups -OCH3 is 1. The number of aryl methyl sites for hydroxylation is 1. The van der Waals surface area contributed by atoms with E-state index in [9.17, 15) is 4.79 Å². The minimum absolute atomic E-state index is 0.160. The van der Waals surface area contributed by atoms with Crippen molar-refractivity contribution in [3.63, 3.8) is 0 Å². The van der Waals surface area contributed by atoms with Gasteiger partial charge in [0, 0.05) is 16.4 Å². The Morgan fingerprint density at radius 1 is 1.15 bits per heavy atom. The Kier molecular flexibility index (Phi) is 6.36. The fourth-order valence-corrected chi connectivity index (χ4v) is 3.32. The SMILES string of the molecule is COC(=O)CSc1nnc(CNc2ccc(C)cc2)n1-c1ccc(Cl)cc1. The number of ether oxygens (including phenoxy) is 1. The van der Waals surface area contributed by atoms with Gasteiger partial charge in [-0.3, -0.25) is 9.36 Å². The monoisotopic (exact) mass is 402 g/mol. The Bertz CT molecular complexity index is 910. The van der Waals surface area contributed by atoms with Crippen molar-refractivity contribution in [2.75, 3.05) is 18.2 Å². The van der Waals surface area contributed by atoms with Crippen molar-refractivity contribution in [3.8, 4) is 5.69 Å². The van der Waals surface area contributed by atoms with Crippen LogP contribution in [0.2, 0.25) is 5.02 Å². The number of thioether (sulfide) groups is 1. The van der Waals surface area contributed by atoms with Gasteiger partial charge in [0.15, 0.2) is 11.0 Å². The van der Waals surface area contributed by atoms with Gasteiger partial charge in [0.25, 0.3) is 0 Å². The van der Waals surface area contributed by atoms with Gasteiger partial charge in [-0.25, -0.2) is 0 Å². The summed E-state index contributed by atoms with van der Waals surface area (Å²) in [7, 11) is 1.36. The lowest BCUT2D eigenvalue weighted by Crippen LogP contribution is -2.09. The van der Waals surface area contributed by atoms with E-state index in [1.165, 1.54) is 24.4 Å². The molecule has 6 nitrogen and oxygen atoms in total. The molecule has 0 saturated carbocycles. The molecule has 0 bridgehead atoms. The van der Waals surface area contributed by atoms with Crippen LogP contribution in [0.25, 0.3) is 5.69 Å². The van der Waals surface area contributed by atoms with E-state index in [-0.39, 0.29) is 11.7 Å². The summed E-state index contributed by atoms with van der Waals surface area (Å²) in [4.78, 5) is 11.5. The summed E-state index contributed by atoms with van der Waals surface area (Å²) in [5.74, 6) is 0.573. The molecule has 0 atom stereocenters. The highest BCUT2D eigenvalue weighted by Gasteiger charge is 2.16. The molecule has 3 aromatic rings. The number of nitrogens with zero attached hydrogens (tertiary/aromatic N) is 3. The highest BCUT2D eigenvalue weighted by Crippen LogP contribution is 2.24. The molecule has 0 fully saturated rings. The average Bonchev–Trinajstić information content (AvgIpc) is 3.09. The highest BCUT2D eigenvalue weighted by atomic mass is 35.5. The predicted molar refractivity (Wildman–Crippen MR) is 108 cm³/mol. The maximum Gasteiger partial charge on any atom is 0.316 e. The van der Waals surface area contributed by atoms with Crippen molar-refractivity contribution in [3.05, 3.63) is 64.9 Å². The number of rotatable bonds is 7. The van der Waals surface area contributed by atoms with Crippen LogP contribution >= 0.6 is 23.4 Å². The van der Waals surface area contributed by atoms with Crippen LogP contribution in [0.5, 0.6) is 0 Å². The molecule has 0 unspecified atom stereocenters. The third kappa shape index (κ3) is 5.02. The van der Waals surface area contributed by atoms with E-state index in [0.29, 0.717) is 16.7 Å². The van der Waals surface area contributed by atoms with E-state index in [2.05, 4.69) is 15.5 Å². The van der Waals surface area contributed by atoms with E-state index in [1.54, 1.807) is 0 Å². The summed E-state index contributed by atoms with van der Waals surface area (Å²) in [5, 5.41) is 13.1. The first kappa shape index (κ1) is 19.3. The molecule has 0 aliphatic carbocycles. The normalized spacial score (nSPS) is 10.6. The maximum atomic E-state index is 11.5. The lowest BCUT2D eigenvalue weighted by atomic mass is 10.2. The zero-order chi connectivity index (χ0) is 19.2. The molecule has 1 aromatic heterocycles. The van der Waals surface area contributed by atoms with Crippen LogP contribution in [-0.4, -0.2) is 33.6 Å². The Hall–Kier alpha value is -2.51. The van der Waals surface area contributed by atoms with E-state index >= 15 is 0 Å². The molecule has 0 saturated heterocycles. The molecular weight excluding hydrogens is 384 g/mol. The smallest absolute Gasteiger partial charge is 0.316 e. The molecule has 2 aromatic carbocycles. The zero-order valence-corrected chi connectivity index (χ0v) is 16.5. The summed E-state index contributed by atoms with van der Waals surface area (Å²) in [6, 6.07) is 15.5. The number of carbonyl (C=O) groups is 1. The van der Waals surface area contributed by atoms with Crippen LogP contribution in [0.1, 0.15) is 11.4 Å². The molecule has 0 aliphatic rings. The van der Waals surface area contributed by atoms with Crippen molar-refractivity contribution in [2.45, 2.75) is 18.6 Å². The maximum absolute atomic E-state index is 11.5. The predicted octanol–water partition coefficient (Wildman–Crippen LogP) is 4.11. The summed E-state index contributed by atoms with van der Waals surface area (Å²) < 4.78 is 6.62. The first-order chi connectivity index (χ1) is 13.1. The number of halogens is 1. The number of carbonyl (C=O) groups excluding carboxylic acids is 1. The lowest BCUT2D eigenvalue weighted by Gasteiger charge is -2.11. The van der Waals surface area contributed by atoms with Crippen LogP contribution < -0.4 is 5.32 Å². The van der Waals surface area contributed by atoms with E-state index in [0.717, 1.165) is 17.2 Å². The van der Waals surface area contributed by atoms with Crippen molar-refractivity contribution < 1.29 is 9.53 Å². The largest absolute Gasteiger partial charge is 0.468 e. The Morgan fingerprint density at radius 2 is 1.85 bits per heavy atom. The molecule has 1 N–H and O–H groups in total. The van der Waals surface area contributed by atoms with E-state index < -0.39 is 0 Å². The van der Waals surface area contributed by atoms with Gasteiger partial charge in [0.1, 0.15) is 0 Å². The number of anilines is 1. The van der Waals surface area contributed by atoms with Gasteiger partial charge in [0.05, 0.1) is 19.4 Å². The molecule has 140 valence electrons. The van der Waals surface area contributed by atoms with Gasteiger partial charge in [-0.15, -0.1) is 10.2 Å². The molecular formula is C19H19ClN4O2S. The van der Waals surface area contributed by atoms with Crippen LogP contribution in [0.15, 0.2) is 53.7 Å². The van der Waals surface area contributed by atoms with E-state index in [1.807, 2.05) is 60.0 Å². The number of esters is 1. The highest BCUT2D eigenvalue weighted by molar-refractivity contribution is 7.99. The summed E-state index contributed by atoms with van der Waals surface area (Å²) in [5.41, 5.74) is 3.07. The molecule has 27 heavy (non-hydrogen) atoms. The van der Waals surface area contributed by atoms with Gasteiger partial charge in [-0.1, -0.05) is 41.1 Å². The van der Waals surface area contributed by atoms with Crippen LogP contribution in [0.3, 0.4) is 0 Å². The van der Waals surface area contributed by atoms with Gasteiger partial charge in [0.2, 0.25) is 0 Å². The van der Waals surface area contributed by atoms with Gasteiger partial charge >= 0.3 is 5.97 Å². The van der Waals surface area contributed by atoms with E-state index in [4.69, 9.17) is 16.3 Å². The van der Waals surface area contributed by atoms with Gasteiger partial charge in [-0.05, 0) is 43.3 Å². The van der Waals surface area contributed by atoms with Crippen molar-refractivity contribution in [1.29, 1.82) is 0 Å². The second kappa shape index (κ2) is 8.92. The summed E-state index contributed by atoms with van der Waals surface area (Å²) >= 11 is 7.29. The zero-order valence-electron chi connectivity index (χ0n) is 15.0. The summed E-state index contributed by atoms with van der Waals surface area (Å²) in [6.45, 7) is 2.53. The Morgan fingerprint density at radius 3 is 2.52 bits per heavy atom. The third-order valence-electron chi connectivity index (χ3n) is 3.83. The Balaban J connectivity index is 1.85. The topological polar surface area (TPSA) is 69.0 Å². The quantitative estimate of drug-likeness (QED) is 0.474. The second-order valence-corrected chi connectivity index (χ2v) is 7.17. The van der Waals surface area contributed by atoms with Gasteiger partial charge < -0.3 is 10.1 Å². The number of benzene rings is 2. The number of hydrogen-bond donors (Lipinski definition) is 1. The number of aromatic nitrogens is 3. The average molecular weight is 403 g/mol. The fourth-order valence-electron chi connectivity index (χ4n) is 2.39. The third-order valence-corrected chi connectivity index (χ3v) is 4.99. The fraction of sp³-hybridized carbons (Fsp3) is 0.211. The molecule has 8 heteroatoms. The standard InChI is InChI=1S/C19H19ClN4O2S/c1-13-3-7-15(8-4-13)21-11-17-22-23-19(27-12-18(25)26-2)24(17)16-9-5-14(20)6-10-16/h3-10,21H,11-12H2,1-2H3. The van der Waals surface area contributed by atoms with Crippen LogP contribution in [0.4, 0.5) is 5.69 Å². The molecule has 1 heterocycles. The first-order valence-corrected chi connectivity index (χ1v) is 9.63. The van der Waals surface area contributed by atoms with Crippen LogP contribution in [0, 0.1) is 6.92 Å². The minimum atomic E-state index is -0.315. The first-order valence-electron chi connectivity index (χ1n) is 8.27. The second-order valence-electron chi connectivity index (χ2n) is 5.80. The van der Waals surface area contributed by atoms with Crippen molar-refractivity contribution >= 4 is 35.0 Å². The van der Waals surface area contributed by atoms with Gasteiger partial charge in [-0.2, -0.15) is 0 Å². The van der Waals surface area contributed by atoms with Crippen molar-refractivity contribution in [2.24, 2.45) is 0 Å². The minimum Gasteiger partial charge on any atom is -0.468 e. The summed E-state index contributed by atoms with van der Waals surface area (Å²) in [6.07, 6.45) is 0. The van der Waals surface area contributed by atoms with Crippen LogP contribution in [-0.2, 0) is 16.1 Å². The molecule has 0 spiro atoms. The molecule has 0 aliphatic heterocycles. The van der Waals surface area contributed by atoms with Crippen molar-refractivity contribution in [1.82, 2.24) is 14.8 Å². The molecule has 0 amide bonds. The molecule has 0 radical (unpaired) electrons.